The number of carbonyl (C=O) groups excluding carboxylic acids is 17. The number of carboxylic acids is 2. The second kappa shape index (κ2) is 55.9. The minimum Gasteiger partial charge on any atom is -0.480 e. The van der Waals surface area contributed by atoms with Crippen molar-refractivity contribution in [1.29, 1.82) is 0 Å². The number of nitrogens with two attached hydrogens (primary N) is 6. The molecular formula is C77H129N19O38. The van der Waals surface area contributed by atoms with Crippen molar-refractivity contribution in [3.05, 3.63) is 0 Å². The quantitative estimate of drug-likeness (QED) is 0.0251. The van der Waals surface area contributed by atoms with Gasteiger partial charge in [-0.15, -0.1) is 0 Å². The number of carbonyl (C=O) groups is 19. The number of unbranched alkanes of at least 4 members (excludes halogenated alkanes) is 2. The average molecular weight is 1930 g/mol. The van der Waals surface area contributed by atoms with Gasteiger partial charge in [0.25, 0.3) is 0 Å². The van der Waals surface area contributed by atoms with Gasteiger partial charge in [-0.3, -0.25) is 86.3 Å². The Labute approximate surface area is 766 Å². The van der Waals surface area contributed by atoms with Crippen molar-refractivity contribution in [2.45, 2.75) is 329 Å². The monoisotopic (exact) mass is 1930 g/mol. The minimum atomic E-state index is -2.28. The lowest BCUT2D eigenvalue weighted by molar-refractivity contribution is -0.365. The molecule has 31 unspecified atom stereocenters. The van der Waals surface area contributed by atoms with E-state index in [1.165, 1.54) is 0 Å². The topological polar surface area (TPSA) is 922 Å². The average Bonchev–Trinajstić information content (AvgIpc) is 0.767. The van der Waals surface area contributed by atoms with Crippen molar-refractivity contribution in [2.24, 2.45) is 34.4 Å². The van der Waals surface area contributed by atoms with Crippen LogP contribution >= 0.6 is 0 Å². The molecule has 4 heterocycles. The SMILES string of the molecule is CC(=O)NC1C(OC2C(CO)OC(OC3C(CO)OC(OC4C(CO)OC(O)C(NC(C)=O)C4OC(C)C(=O)NC(C)C(=O)NC(CCC(=O)NC(CCCCNC(=O)CC(N)C(N)=O)C(=O)O)C(N)=O)C(NC(C)=O)C3O)C(NC(C)=O)C2OC(C)C(=O)NC(C)C(=O)NC(CCC(=O)NC(CCCCNC(=O)CC(N)C(N)=O)C(=O)NC(C)C(=O)O)C(N)=O)OC(CO)C(O)C1O. The molecule has 0 aliphatic carbocycles. The van der Waals surface area contributed by atoms with Crippen LogP contribution < -0.4 is 104 Å². The molecule has 17 amide bonds. The molecular weight excluding hydrogens is 1800 g/mol. The summed E-state index contributed by atoms with van der Waals surface area (Å²) in [4.78, 5) is 244. The molecule has 760 valence electrons. The highest BCUT2D eigenvalue weighted by Gasteiger charge is 2.58. The number of amides is 17. The first-order valence-electron chi connectivity index (χ1n) is 42.7. The molecule has 4 fully saturated rings. The Balaban J connectivity index is 1.65. The molecule has 4 aliphatic heterocycles. The number of hydrogen-bond donors (Lipinski definition) is 29. The third-order valence-corrected chi connectivity index (χ3v) is 21.4. The van der Waals surface area contributed by atoms with Crippen molar-refractivity contribution >= 4 is 112 Å². The van der Waals surface area contributed by atoms with Crippen LogP contribution in [0.25, 0.3) is 0 Å². The normalized spacial score (nSPS) is 27.5. The fourth-order valence-electron chi connectivity index (χ4n) is 14.1. The molecule has 0 aromatic rings. The zero-order valence-corrected chi connectivity index (χ0v) is 75.0. The second-order valence-corrected chi connectivity index (χ2v) is 32.3. The largest absolute Gasteiger partial charge is 0.480 e. The zero-order chi connectivity index (χ0) is 101. The number of aliphatic hydroxyl groups is 8. The van der Waals surface area contributed by atoms with E-state index in [0.717, 1.165) is 62.3 Å². The predicted molar refractivity (Wildman–Crippen MR) is 447 cm³/mol. The van der Waals surface area contributed by atoms with Gasteiger partial charge in [-0.25, -0.2) is 4.79 Å². The second-order valence-electron chi connectivity index (χ2n) is 32.3. The van der Waals surface area contributed by atoms with Gasteiger partial charge in [0.1, 0.15) is 152 Å². The third kappa shape index (κ3) is 36.4. The third-order valence-electron chi connectivity index (χ3n) is 21.4. The van der Waals surface area contributed by atoms with E-state index in [0.29, 0.717) is 0 Å². The number of primary amides is 4. The van der Waals surface area contributed by atoms with Crippen LogP contribution in [0.15, 0.2) is 0 Å². The highest BCUT2D eigenvalue weighted by Crippen LogP contribution is 2.37. The Morgan fingerprint density at radius 1 is 0.343 bits per heavy atom. The van der Waals surface area contributed by atoms with Crippen LogP contribution in [0.1, 0.15) is 139 Å². The maximum Gasteiger partial charge on any atom is 0.326 e. The van der Waals surface area contributed by atoms with Crippen molar-refractivity contribution in [2.75, 3.05) is 39.5 Å². The molecule has 0 radical (unpaired) electrons. The molecule has 31 atom stereocenters. The molecule has 4 saturated heterocycles. The fourth-order valence-corrected chi connectivity index (χ4v) is 14.1. The Hall–Kier alpha value is -10.8. The summed E-state index contributed by atoms with van der Waals surface area (Å²) in [5.41, 5.74) is 32.4. The van der Waals surface area contributed by atoms with E-state index in [1.807, 2.05) is 0 Å². The van der Waals surface area contributed by atoms with Crippen LogP contribution in [-0.4, -0.2) is 392 Å². The van der Waals surface area contributed by atoms with Crippen molar-refractivity contribution < 1.29 is 185 Å². The van der Waals surface area contributed by atoms with Crippen LogP contribution in [0.2, 0.25) is 0 Å². The highest BCUT2D eigenvalue weighted by atomic mass is 16.8. The summed E-state index contributed by atoms with van der Waals surface area (Å²) in [6, 6.07) is -20.9. The van der Waals surface area contributed by atoms with E-state index in [1.54, 1.807) is 0 Å². The molecule has 0 saturated carbocycles. The lowest BCUT2D eigenvalue weighted by atomic mass is 9.92. The van der Waals surface area contributed by atoms with Crippen molar-refractivity contribution in [3.8, 4) is 0 Å². The highest BCUT2D eigenvalue weighted by molar-refractivity contribution is 5.95. The number of carboxylic acid groups (broad SMARTS) is 2. The predicted octanol–water partition coefficient (Wildman–Crippen LogP) is -16.2. The first-order valence-corrected chi connectivity index (χ1v) is 42.7. The van der Waals surface area contributed by atoms with Gasteiger partial charge in [-0.05, 0) is 86.0 Å². The van der Waals surface area contributed by atoms with Crippen LogP contribution in [0, 0.1) is 0 Å². The van der Waals surface area contributed by atoms with Gasteiger partial charge < -0.3 is 197 Å². The molecule has 4 aliphatic rings. The fraction of sp³-hybridized carbons (Fsp3) is 0.753. The number of hydrogen-bond acceptors (Lipinski definition) is 38. The maximum atomic E-state index is 14.5. The Morgan fingerprint density at radius 3 is 1.09 bits per heavy atom. The van der Waals surface area contributed by atoms with Gasteiger partial charge in [0.15, 0.2) is 25.2 Å². The summed E-state index contributed by atoms with van der Waals surface area (Å²) >= 11 is 0. The molecule has 57 heteroatoms. The van der Waals surface area contributed by atoms with E-state index in [9.17, 15) is 142 Å². The van der Waals surface area contributed by atoms with Crippen LogP contribution in [-0.2, 0) is 134 Å². The molecule has 0 bridgehead atoms. The molecule has 0 aromatic carbocycles. The van der Waals surface area contributed by atoms with Crippen LogP contribution in [0.3, 0.4) is 0 Å². The minimum absolute atomic E-state index is 0.0115. The molecule has 134 heavy (non-hydrogen) atoms. The molecule has 0 aromatic heterocycles. The van der Waals surface area contributed by atoms with E-state index >= 15 is 0 Å². The number of ether oxygens (including phenoxy) is 9. The van der Waals surface area contributed by atoms with Gasteiger partial charge in [-0.2, -0.15) is 0 Å². The maximum absolute atomic E-state index is 14.5. The first kappa shape index (κ1) is 115. The lowest BCUT2D eigenvalue weighted by Gasteiger charge is -2.52. The smallest absolute Gasteiger partial charge is 0.326 e. The van der Waals surface area contributed by atoms with Crippen molar-refractivity contribution in [1.82, 2.24) is 69.1 Å². The summed E-state index contributed by atoms with van der Waals surface area (Å²) < 4.78 is 55.8. The molecule has 0 spiro atoms. The zero-order valence-electron chi connectivity index (χ0n) is 75.0. The first-order chi connectivity index (χ1) is 62.8. The van der Waals surface area contributed by atoms with Gasteiger partial charge in [0.05, 0.1) is 51.4 Å². The van der Waals surface area contributed by atoms with Gasteiger partial charge >= 0.3 is 11.9 Å². The molecule has 4 rings (SSSR count). The molecule has 35 N–H and O–H groups in total. The van der Waals surface area contributed by atoms with E-state index in [4.69, 9.17) is 77.0 Å². The van der Waals surface area contributed by atoms with Crippen LogP contribution in [0.4, 0.5) is 0 Å². The Kier molecular flexibility index (Phi) is 48.2. The molecule has 57 nitrogen and oxygen atoms in total. The number of nitrogens with one attached hydrogen (secondary N) is 13. The van der Waals surface area contributed by atoms with Crippen LogP contribution in [0.5, 0.6) is 0 Å². The van der Waals surface area contributed by atoms with Gasteiger partial charge in [0, 0.05) is 53.6 Å². The summed E-state index contributed by atoms with van der Waals surface area (Å²) in [6.07, 6.45) is -38.4. The number of rotatable bonds is 56. The lowest BCUT2D eigenvalue weighted by Crippen LogP contribution is -2.72. The van der Waals surface area contributed by atoms with Gasteiger partial charge in [0.2, 0.25) is 100 Å². The van der Waals surface area contributed by atoms with Gasteiger partial charge in [-0.1, -0.05) is 0 Å². The summed E-state index contributed by atoms with van der Waals surface area (Å²) in [5.74, 6) is -19.3. The van der Waals surface area contributed by atoms with E-state index in [2.05, 4.69) is 69.1 Å². The summed E-state index contributed by atoms with van der Waals surface area (Å²) in [6.45, 7) is 4.90. The van der Waals surface area contributed by atoms with E-state index < -0.39 is 360 Å². The Bertz CT molecular complexity index is 4030. The summed E-state index contributed by atoms with van der Waals surface area (Å²) in [7, 11) is 0. The number of aliphatic carboxylic acids is 2. The number of aliphatic hydroxyl groups excluding tert-OH is 8. The van der Waals surface area contributed by atoms with E-state index in [-0.39, 0.29) is 58.0 Å². The Morgan fingerprint density at radius 2 is 0.694 bits per heavy atom. The summed E-state index contributed by atoms with van der Waals surface area (Å²) in [5, 5.41) is 140. The van der Waals surface area contributed by atoms with Crippen molar-refractivity contribution in [3.63, 3.8) is 0 Å². The standard InChI is InChI=1S/C77H129N19O38/c1-28(67(116)96-40(66(83)115)17-19-48(106)94-42(73(123)124)15-11-13-21-85-50(108)23-38(79)64(81)113)86-69(118)31(4)126-61-53(91-35(8)103)74(125)128-45(26-99)59(61)133-76-52(90-34(7)102)57(111)58(44(25-98)130-76)132-77-54(92-36(9)104)62(60(46(27-100)131-77)134-75-51(89-33(6)101)56(110)55(109)43(24-97)129-75)127-32(5)70(119)87-29(2)68(117)95-39(65(82)114)16-18-47(105)93-41(71(120)88-30(3)72(121)122)14-10-12-20-84-49(107)22-37(78)63(80)112/h28-32,37-46,51-62,74-77,97-100,109-111,125H,10-27,78-79H2,1-9H3,(H2,80,112)(H2,81,113)(H2,82,114)(H2,83,115)(H,84,107)(H,85,108)(H,86,118)(H,87,119)(H,88,120)(H,89,101)(H,90,102)(H,91,103)(H,92,104)(H,93,105)(H,94,106)(H,95,117)(H,96,116)(H,121,122)(H,123,124).